The van der Waals surface area contributed by atoms with Crippen molar-refractivity contribution in [3.8, 4) is 0 Å². The molecule has 0 spiro atoms. The zero-order chi connectivity index (χ0) is 9.72. The summed E-state index contributed by atoms with van der Waals surface area (Å²) in [6, 6.07) is 0. The molecule has 0 saturated carbocycles. The molecule has 0 aromatic carbocycles. The minimum absolute atomic E-state index is 0.581. The third-order valence-corrected chi connectivity index (χ3v) is 1.40. The molecule has 0 bridgehead atoms. The van der Waals surface area contributed by atoms with Crippen molar-refractivity contribution >= 4 is 33.4 Å². The van der Waals surface area contributed by atoms with Crippen LogP contribution < -0.4 is 0 Å². The predicted molar refractivity (Wildman–Crippen MR) is 45.5 cm³/mol. The Morgan fingerprint density at radius 1 is 1.58 bits per heavy atom. The molecule has 1 atom stereocenters. The highest BCUT2D eigenvalue weighted by Gasteiger charge is 2.24. The van der Waals surface area contributed by atoms with Gasteiger partial charge in [-0.1, -0.05) is 21.1 Å². The van der Waals surface area contributed by atoms with Gasteiger partial charge in [-0.3, -0.25) is 4.79 Å². The van der Waals surface area contributed by atoms with Crippen LogP contribution in [0.4, 0.5) is 0 Å². The van der Waals surface area contributed by atoms with E-state index < -0.39 is 22.3 Å². The van der Waals surface area contributed by atoms with Gasteiger partial charge in [0.2, 0.25) is 11.5 Å². The number of oxime groups is 1. The number of hydrogen-bond acceptors (Lipinski definition) is 4. The van der Waals surface area contributed by atoms with E-state index in [-0.39, 0.29) is 0 Å². The molecule has 0 amide bonds. The molecule has 1 N–H and O–H groups in total. The summed E-state index contributed by atoms with van der Waals surface area (Å²) < 4.78 is 0. The summed E-state index contributed by atoms with van der Waals surface area (Å²) in [5.74, 6) is -2.02. The molecule has 0 aliphatic heterocycles. The lowest BCUT2D eigenvalue weighted by Gasteiger charge is -2.00. The van der Waals surface area contributed by atoms with Gasteiger partial charge in [0.15, 0.2) is 0 Å². The Bertz CT molecular complexity index is 224. The number of rotatable bonds is 4. The molecule has 0 saturated heterocycles. The quantitative estimate of drug-likeness (QED) is 0.333. The SMILES string of the molecule is CON=C(C(=O)O)C(=O)C(C)Br. The van der Waals surface area contributed by atoms with E-state index in [1.807, 2.05) is 0 Å². The van der Waals surface area contributed by atoms with Crippen LogP contribution in [-0.2, 0) is 14.4 Å². The molecule has 0 aliphatic carbocycles. The summed E-state index contributed by atoms with van der Waals surface area (Å²) in [6.07, 6.45) is 0. The van der Waals surface area contributed by atoms with Gasteiger partial charge in [0.05, 0.1) is 4.83 Å². The van der Waals surface area contributed by atoms with Crippen molar-refractivity contribution in [1.29, 1.82) is 0 Å². The molecular formula is C6H8BrNO4. The summed E-state index contributed by atoms with van der Waals surface area (Å²) in [7, 11) is 1.18. The normalized spacial score (nSPS) is 13.8. The van der Waals surface area contributed by atoms with Crippen molar-refractivity contribution < 1.29 is 19.5 Å². The van der Waals surface area contributed by atoms with Crippen LogP contribution in [0.15, 0.2) is 5.16 Å². The molecule has 6 heteroatoms. The number of carbonyl (C=O) groups is 2. The van der Waals surface area contributed by atoms with Gasteiger partial charge in [0, 0.05) is 0 Å². The molecule has 0 aliphatic rings. The Labute approximate surface area is 77.5 Å². The molecule has 0 rings (SSSR count). The number of carbonyl (C=O) groups excluding carboxylic acids is 1. The smallest absolute Gasteiger partial charge is 0.361 e. The number of Topliss-reactive ketones (excluding diaryl/α,β-unsaturated/α-hetero) is 1. The predicted octanol–water partition coefficient (Wildman–Crippen LogP) is 0.426. The fourth-order valence-electron chi connectivity index (χ4n) is 0.469. The van der Waals surface area contributed by atoms with Gasteiger partial charge in [-0.25, -0.2) is 4.79 Å². The van der Waals surface area contributed by atoms with E-state index in [4.69, 9.17) is 5.11 Å². The van der Waals surface area contributed by atoms with Gasteiger partial charge in [0.25, 0.3) is 0 Å². The topological polar surface area (TPSA) is 76.0 Å². The molecule has 12 heavy (non-hydrogen) atoms. The highest BCUT2D eigenvalue weighted by Crippen LogP contribution is 2.01. The summed E-state index contributed by atoms with van der Waals surface area (Å²) in [5.41, 5.74) is -0.609. The zero-order valence-corrected chi connectivity index (χ0v) is 8.16. The van der Waals surface area contributed by atoms with Crippen molar-refractivity contribution in [2.24, 2.45) is 5.16 Å². The van der Waals surface area contributed by atoms with Gasteiger partial charge >= 0.3 is 5.97 Å². The summed E-state index contributed by atoms with van der Waals surface area (Å²) in [6.45, 7) is 1.51. The summed E-state index contributed by atoms with van der Waals surface area (Å²) >= 11 is 2.93. The first-order valence-electron chi connectivity index (χ1n) is 3.03. The van der Waals surface area contributed by atoms with Crippen LogP contribution in [0, 0.1) is 0 Å². The average Bonchev–Trinajstić information content (AvgIpc) is 1.98. The Morgan fingerprint density at radius 3 is 2.33 bits per heavy atom. The van der Waals surface area contributed by atoms with Crippen molar-refractivity contribution in [3.05, 3.63) is 0 Å². The largest absolute Gasteiger partial charge is 0.476 e. The minimum atomic E-state index is -1.40. The number of alkyl halides is 1. The maximum Gasteiger partial charge on any atom is 0.361 e. The van der Waals surface area contributed by atoms with Crippen LogP contribution in [-0.4, -0.2) is 34.5 Å². The van der Waals surface area contributed by atoms with Crippen molar-refractivity contribution in [1.82, 2.24) is 0 Å². The fraction of sp³-hybridized carbons (Fsp3) is 0.500. The lowest BCUT2D eigenvalue weighted by atomic mass is 10.2. The zero-order valence-electron chi connectivity index (χ0n) is 6.57. The second kappa shape index (κ2) is 4.87. The molecule has 0 radical (unpaired) electrons. The van der Waals surface area contributed by atoms with Crippen LogP contribution in [0.25, 0.3) is 0 Å². The van der Waals surface area contributed by atoms with Gasteiger partial charge in [-0.2, -0.15) is 0 Å². The standard InChI is InChI=1S/C6H8BrNO4/c1-3(7)5(9)4(6(10)11)8-12-2/h3H,1-2H3,(H,10,11). The van der Waals surface area contributed by atoms with Gasteiger partial charge in [-0.15, -0.1) is 0 Å². The number of nitrogens with zero attached hydrogens (tertiary/aromatic N) is 1. The van der Waals surface area contributed by atoms with Gasteiger partial charge in [0.1, 0.15) is 7.11 Å². The van der Waals surface area contributed by atoms with Crippen LogP contribution in [0.2, 0.25) is 0 Å². The molecule has 0 aromatic rings. The molecular weight excluding hydrogens is 230 g/mol. The maximum atomic E-state index is 11.0. The number of carboxylic acids is 1. The van der Waals surface area contributed by atoms with E-state index in [9.17, 15) is 9.59 Å². The van der Waals surface area contributed by atoms with E-state index in [0.29, 0.717) is 0 Å². The Morgan fingerprint density at radius 2 is 2.08 bits per heavy atom. The molecule has 68 valence electrons. The first kappa shape index (κ1) is 11.1. The van der Waals surface area contributed by atoms with E-state index in [2.05, 4.69) is 25.9 Å². The lowest BCUT2D eigenvalue weighted by molar-refractivity contribution is -0.130. The minimum Gasteiger partial charge on any atom is -0.476 e. The van der Waals surface area contributed by atoms with E-state index in [0.717, 1.165) is 0 Å². The monoisotopic (exact) mass is 237 g/mol. The van der Waals surface area contributed by atoms with Crippen LogP contribution in [0.3, 0.4) is 0 Å². The van der Waals surface area contributed by atoms with Crippen LogP contribution >= 0.6 is 15.9 Å². The first-order chi connectivity index (χ1) is 5.50. The highest BCUT2D eigenvalue weighted by atomic mass is 79.9. The highest BCUT2D eigenvalue weighted by molar-refractivity contribution is 9.10. The number of hydrogen-bond donors (Lipinski definition) is 1. The molecule has 0 aromatic heterocycles. The number of aliphatic carboxylic acids is 1. The van der Waals surface area contributed by atoms with Crippen molar-refractivity contribution in [3.63, 3.8) is 0 Å². The first-order valence-corrected chi connectivity index (χ1v) is 3.95. The Kier molecular flexibility index (Phi) is 4.50. The lowest BCUT2D eigenvalue weighted by Crippen LogP contribution is -2.29. The Hall–Kier alpha value is -0.910. The number of ketones is 1. The third-order valence-electron chi connectivity index (χ3n) is 0.980. The summed E-state index contributed by atoms with van der Waals surface area (Å²) in [4.78, 5) is 25.0. The molecule has 0 heterocycles. The fourth-order valence-corrected chi connectivity index (χ4v) is 0.686. The van der Waals surface area contributed by atoms with Gasteiger partial charge in [-0.05, 0) is 6.92 Å². The van der Waals surface area contributed by atoms with Crippen molar-refractivity contribution in [2.75, 3.05) is 7.11 Å². The number of halogens is 1. The van der Waals surface area contributed by atoms with E-state index in [1.165, 1.54) is 14.0 Å². The van der Waals surface area contributed by atoms with Crippen molar-refractivity contribution in [2.45, 2.75) is 11.8 Å². The van der Waals surface area contributed by atoms with Gasteiger partial charge < -0.3 is 9.94 Å². The molecule has 0 fully saturated rings. The molecule has 5 nitrogen and oxygen atoms in total. The molecule has 1 unspecified atom stereocenters. The van der Waals surface area contributed by atoms with E-state index >= 15 is 0 Å². The second-order valence-electron chi connectivity index (χ2n) is 1.91. The summed E-state index contributed by atoms with van der Waals surface area (Å²) in [5, 5.41) is 11.6. The second-order valence-corrected chi connectivity index (χ2v) is 3.28. The third kappa shape index (κ3) is 3.00. The van der Waals surface area contributed by atoms with E-state index in [1.54, 1.807) is 0 Å². The average molecular weight is 238 g/mol. The number of carboxylic acid groups (broad SMARTS) is 1. The maximum absolute atomic E-state index is 11.0. The van der Waals surface area contributed by atoms with Crippen LogP contribution in [0.1, 0.15) is 6.92 Å². The Balaban J connectivity index is 4.65. The van der Waals surface area contributed by atoms with Crippen LogP contribution in [0.5, 0.6) is 0 Å².